The third-order valence-electron chi connectivity index (χ3n) is 2.39. The smallest absolute Gasteiger partial charge is 0.399 e. The molecule has 0 amide bonds. The average molecular weight is 327 g/mol. The fourth-order valence-corrected chi connectivity index (χ4v) is 2.40. The first-order valence-electron chi connectivity index (χ1n) is 5.87. The maximum Gasteiger partial charge on any atom is 0.411 e. The van der Waals surface area contributed by atoms with Crippen LogP contribution in [0.25, 0.3) is 0 Å². The highest BCUT2D eigenvalue weighted by atomic mass is 32.2. The minimum Gasteiger partial charge on any atom is -0.399 e. The maximum absolute atomic E-state index is 11.9. The molecule has 21 heavy (non-hydrogen) atoms. The van der Waals surface area contributed by atoms with Gasteiger partial charge in [-0.3, -0.25) is 0 Å². The Kier molecular flexibility index (Phi) is 5.81. The normalized spacial score (nSPS) is 12.4. The van der Waals surface area contributed by atoms with E-state index < -0.39 is 22.8 Å². The molecule has 0 fully saturated rings. The minimum atomic E-state index is -4.39. The topological polar surface area (TPSA) is 93.5 Å². The molecule has 0 aliphatic rings. The number of benzene rings is 1. The molecule has 0 saturated heterocycles. The molecule has 0 aliphatic carbocycles. The van der Waals surface area contributed by atoms with E-state index in [0.29, 0.717) is 0 Å². The van der Waals surface area contributed by atoms with E-state index in [1.54, 1.807) is 0 Å². The Hall–Kier alpha value is -1.52. The van der Waals surface area contributed by atoms with Crippen molar-refractivity contribution in [2.45, 2.75) is 11.1 Å². The van der Waals surface area contributed by atoms with Gasteiger partial charge in [0, 0.05) is 12.2 Å². The van der Waals surface area contributed by atoms with Crippen LogP contribution in [0.2, 0.25) is 0 Å². The van der Waals surface area contributed by atoms with Gasteiger partial charge >= 0.3 is 6.18 Å². The van der Waals surface area contributed by atoms with Crippen LogP contribution in [0.4, 0.5) is 24.5 Å². The molecule has 0 aliphatic heterocycles. The number of hydrogen-bond donors (Lipinski definition) is 3. The van der Waals surface area contributed by atoms with Crippen molar-refractivity contribution in [3.05, 3.63) is 18.2 Å². The minimum absolute atomic E-state index is 0.0201. The zero-order valence-electron chi connectivity index (χ0n) is 11.2. The number of halogens is 3. The SMILES string of the molecule is CNS(=O)(=O)c1cc(N)ccc1NCCOCC(F)(F)F. The zero-order chi connectivity index (χ0) is 16.1. The Morgan fingerprint density at radius 3 is 2.57 bits per heavy atom. The van der Waals surface area contributed by atoms with Crippen molar-refractivity contribution in [3.8, 4) is 0 Å². The van der Waals surface area contributed by atoms with Crippen molar-refractivity contribution < 1.29 is 26.3 Å². The van der Waals surface area contributed by atoms with Crippen LogP contribution in [-0.2, 0) is 14.8 Å². The Bertz CT molecular complexity index is 576. The first kappa shape index (κ1) is 17.5. The second-order valence-electron chi connectivity index (χ2n) is 4.06. The zero-order valence-corrected chi connectivity index (χ0v) is 12.0. The van der Waals surface area contributed by atoms with Gasteiger partial charge in [-0.15, -0.1) is 0 Å². The van der Waals surface area contributed by atoms with E-state index in [-0.39, 0.29) is 29.4 Å². The number of ether oxygens (including phenoxy) is 1. The van der Waals surface area contributed by atoms with E-state index >= 15 is 0 Å². The molecule has 1 rings (SSSR count). The Labute approximate surface area is 120 Å². The van der Waals surface area contributed by atoms with Crippen LogP contribution in [0.3, 0.4) is 0 Å². The molecule has 0 bridgehead atoms. The van der Waals surface area contributed by atoms with Crippen LogP contribution in [0.15, 0.2) is 23.1 Å². The summed E-state index contributed by atoms with van der Waals surface area (Å²) in [5.74, 6) is 0. The predicted molar refractivity (Wildman–Crippen MR) is 72.5 cm³/mol. The standard InChI is InChI=1S/C11H16F3N3O3S/c1-16-21(18,19)10-6-8(15)2-3-9(10)17-4-5-20-7-11(12,13)14/h2-3,6,16-17H,4-5,7,15H2,1H3. The Balaban J connectivity index is 2.68. The number of hydrogen-bond acceptors (Lipinski definition) is 5. The van der Waals surface area contributed by atoms with Crippen LogP contribution in [0.1, 0.15) is 0 Å². The number of anilines is 2. The lowest BCUT2D eigenvalue weighted by atomic mass is 10.3. The van der Waals surface area contributed by atoms with Gasteiger partial charge in [0.1, 0.15) is 11.5 Å². The van der Waals surface area contributed by atoms with Gasteiger partial charge in [0.05, 0.1) is 12.3 Å². The molecule has 0 atom stereocenters. The summed E-state index contributed by atoms with van der Waals surface area (Å²) in [6.07, 6.45) is -4.39. The largest absolute Gasteiger partial charge is 0.411 e. The molecule has 0 radical (unpaired) electrons. The van der Waals surface area contributed by atoms with Crippen molar-refractivity contribution >= 4 is 21.4 Å². The second-order valence-corrected chi connectivity index (χ2v) is 5.91. The summed E-state index contributed by atoms with van der Waals surface area (Å²) in [6.45, 7) is -1.55. The van der Waals surface area contributed by atoms with Gasteiger partial charge < -0.3 is 15.8 Å². The highest BCUT2D eigenvalue weighted by molar-refractivity contribution is 7.89. The number of alkyl halides is 3. The lowest BCUT2D eigenvalue weighted by molar-refractivity contribution is -0.172. The van der Waals surface area contributed by atoms with Crippen molar-refractivity contribution in [2.24, 2.45) is 0 Å². The van der Waals surface area contributed by atoms with Crippen LogP contribution in [0, 0.1) is 0 Å². The number of nitrogens with two attached hydrogens (primary N) is 1. The predicted octanol–water partition coefficient (Wildman–Crippen LogP) is 1.17. The van der Waals surface area contributed by atoms with Gasteiger partial charge in [0.25, 0.3) is 0 Å². The van der Waals surface area contributed by atoms with Gasteiger partial charge in [-0.05, 0) is 25.2 Å². The molecular weight excluding hydrogens is 311 g/mol. The Morgan fingerprint density at radius 1 is 1.33 bits per heavy atom. The molecule has 0 spiro atoms. The van der Waals surface area contributed by atoms with Crippen molar-refractivity contribution in [1.29, 1.82) is 0 Å². The van der Waals surface area contributed by atoms with Gasteiger partial charge in [-0.25, -0.2) is 13.1 Å². The third-order valence-corrected chi connectivity index (χ3v) is 3.85. The van der Waals surface area contributed by atoms with Crippen molar-refractivity contribution in [2.75, 3.05) is 37.9 Å². The number of nitrogens with one attached hydrogen (secondary N) is 2. The first-order chi connectivity index (χ1) is 9.65. The van der Waals surface area contributed by atoms with Crippen LogP contribution in [-0.4, -0.2) is 41.4 Å². The summed E-state index contributed by atoms with van der Waals surface area (Å²) in [5.41, 5.74) is 6.02. The third kappa shape index (κ3) is 5.78. The molecule has 4 N–H and O–H groups in total. The Morgan fingerprint density at radius 2 is 2.00 bits per heavy atom. The van der Waals surface area contributed by atoms with E-state index in [2.05, 4.69) is 14.8 Å². The van der Waals surface area contributed by atoms with E-state index in [4.69, 9.17) is 5.73 Å². The van der Waals surface area contributed by atoms with Gasteiger partial charge in [0.15, 0.2) is 0 Å². The van der Waals surface area contributed by atoms with Crippen LogP contribution < -0.4 is 15.8 Å². The summed E-state index contributed by atoms with van der Waals surface area (Å²) in [6, 6.07) is 4.17. The summed E-state index contributed by atoms with van der Waals surface area (Å²) in [5, 5.41) is 2.70. The van der Waals surface area contributed by atoms with Crippen molar-refractivity contribution in [1.82, 2.24) is 4.72 Å². The monoisotopic (exact) mass is 327 g/mol. The summed E-state index contributed by atoms with van der Waals surface area (Å²) in [7, 11) is -2.49. The molecule has 1 aromatic carbocycles. The highest BCUT2D eigenvalue weighted by Crippen LogP contribution is 2.23. The second kappa shape index (κ2) is 6.96. The van der Waals surface area contributed by atoms with E-state index in [9.17, 15) is 21.6 Å². The van der Waals surface area contributed by atoms with Gasteiger partial charge in [-0.1, -0.05) is 0 Å². The van der Waals surface area contributed by atoms with Crippen molar-refractivity contribution in [3.63, 3.8) is 0 Å². The van der Waals surface area contributed by atoms with E-state index in [1.165, 1.54) is 25.2 Å². The molecule has 120 valence electrons. The highest BCUT2D eigenvalue weighted by Gasteiger charge is 2.27. The molecule has 6 nitrogen and oxygen atoms in total. The number of nitrogen functional groups attached to an aromatic ring is 1. The fraction of sp³-hybridized carbons (Fsp3) is 0.455. The van der Waals surface area contributed by atoms with Gasteiger partial charge in [-0.2, -0.15) is 13.2 Å². The maximum atomic E-state index is 11.9. The molecule has 10 heteroatoms. The quantitative estimate of drug-likeness (QED) is 0.516. The number of sulfonamides is 1. The fourth-order valence-electron chi connectivity index (χ4n) is 1.46. The van der Waals surface area contributed by atoms with Crippen LogP contribution >= 0.6 is 0 Å². The number of rotatable bonds is 7. The molecule has 0 heterocycles. The first-order valence-corrected chi connectivity index (χ1v) is 7.35. The lowest BCUT2D eigenvalue weighted by Gasteiger charge is -2.13. The summed E-state index contributed by atoms with van der Waals surface area (Å²) >= 11 is 0. The van der Waals surface area contributed by atoms with Crippen LogP contribution in [0.5, 0.6) is 0 Å². The van der Waals surface area contributed by atoms with E-state index in [1.807, 2.05) is 0 Å². The lowest BCUT2D eigenvalue weighted by Crippen LogP contribution is -2.22. The molecular formula is C11H16F3N3O3S. The molecule has 1 aromatic rings. The summed E-state index contributed by atoms with van der Waals surface area (Å²) in [4.78, 5) is -0.0826. The summed E-state index contributed by atoms with van der Waals surface area (Å²) < 4.78 is 65.8. The molecule has 0 saturated carbocycles. The van der Waals surface area contributed by atoms with E-state index in [0.717, 1.165) is 0 Å². The molecule has 0 unspecified atom stereocenters. The average Bonchev–Trinajstić information content (AvgIpc) is 2.38. The molecule has 0 aromatic heterocycles. The van der Waals surface area contributed by atoms with Gasteiger partial charge in [0.2, 0.25) is 10.0 Å².